The Hall–Kier alpha value is -3.48. The molecule has 32 heavy (non-hydrogen) atoms. The van der Waals surface area contributed by atoms with Crippen LogP contribution in [0.4, 0.5) is 0 Å². The number of aliphatic hydroxyl groups excluding tert-OH is 1. The van der Waals surface area contributed by atoms with Gasteiger partial charge in [0.05, 0.1) is 30.4 Å². The number of benzene rings is 2. The Morgan fingerprint density at radius 1 is 1.00 bits per heavy atom. The molecule has 1 aliphatic heterocycles. The molecule has 0 aliphatic carbocycles. The van der Waals surface area contributed by atoms with Gasteiger partial charge in [0.2, 0.25) is 0 Å². The van der Waals surface area contributed by atoms with Crippen molar-refractivity contribution in [2.75, 3.05) is 19.8 Å². The zero-order chi connectivity index (χ0) is 23.3. The number of aromatic hydroxyl groups is 1. The Kier molecular flexibility index (Phi) is 7.41. The van der Waals surface area contributed by atoms with Gasteiger partial charge in [-0.1, -0.05) is 25.5 Å². The molecular weight excluding hydrogens is 410 g/mol. The molecule has 1 saturated heterocycles. The van der Waals surface area contributed by atoms with E-state index in [0.717, 1.165) is 12.8 Å². The highest BCUT2D eigenvalue weighted by Crippen LogP contribution is 2.42. The van der Waals surface area contributed by atoms with Crippen molar-refractivity contribution in [1.82, 2.24) is 4.90 Å². The van der Waals surface area contributed by atoms with Gasteiger partial charge in [0.25, 0.3) is 11.7 Å². The standard InChI is InChI=1S/C25H29NO6/c1-4-7-14-26-22(16-8-10-17(27)11-9-16)21(24(29)25(26)30)23(28)19-13-12-18(31-5-2)15-20(19)32-6-3/h8-13,15,22,27-28H,4-7,14H2,1-3H3/b23-21-. The molecule has 170 valence electrons. The molecule has 1 atom stereocenters. The van der Waals surface area contributed by atoms with Gasteiger partial charge < -0.3 is 24.6 Å². The van der Waals surface area contributed by atoms with E-state index < -0.39 is 17.7 Å². The van der Waals surface area contributed by atoms with Crippen molar-refractivity contribution in [3.8, 4) is 17.2 Å². The van der Waals surface area contributed by atoms with Crippen LogP contribution in [0.15, 0.2) is 48.0 Å². The highest BCUT2D eigenvalue weighted by atomic mass is 16.5. The Morgan fingerprint density at radius 2 is 1.69 bits per heavy atom. The van der Waals surface area contributed by atoms with Gasteiger partial charge in [-0.25, -0.2) is 0 Å². The molecule has 0 aromatic heterocycles. The van der Waals surface area contributed by atoms with Crippen molar-refractivity contribution in [1.29, 1.82) is 0 Å². The molecule has 7 heteroatoms. The topological polar surface area (TPSA) is 96.3 Å². The van der Waals surface area contributed by atoms with E-state index in [4.69, 9.17) is 9.47 Å². The lowest BCUT2D eigenvalue weighted by Gasteiger charge is -2.25. The van der Waals surface area contributed by atoms with Crippen molar-refractivity contribution in [2.45, 2.75) is 39.7 Å². The molecule has 3 rings (SSSR count). The molecular formula is C25H29NO6. The molecule has 0 saturated carbocycles. The number of carbonyl (C=O) groups excluding carboxylic acids is 2. The molecule has 7 nitrogen and oxygen atoms in total. The van der Waals surface area contributed by atoms with Crippen molar-refractivity contribution in [3.63, 3.8) is 0 Å². The zero-order valence-corrected chi connectivity index (χ0v) is 18.6. The number of nitrogens with zero attached hydrogens (tertiary/aromatic N) is 1. The quantitative estimate of drug-likeness (QED) is 0.341. The number of carbonyl (C=O) groups is 2. The smallest absolute Gasteiger partial charge is 0.295 e. The van der Waals surface area contributed by atoms with Crippen LogP contribution < -0.4 is 9.47 Å². The molecule has 2 aromatic carbocycles. The van der Waals surface area contributed by atoms with E-state index in [-0.39, 0.29) is 17.1 Å². The Labute approximate surface area is 187 Å². The third-order valence-corrected chi connectivity index (χ3v) is 5.32. The molecule has 1 aliphatic rings. The van der Waals surface area contributed by atoms with Gasteiger partial charge in [0, 0.05) is 12.6 Å². The molecule has 1 amide bonds. The summed E-state index contributed by atoms with van der Waals surface area (Å²) in [6, 6.07) is 10.5. The Bertz CT molecular complexity index is 1010. The summed E-state index contributed by atoms with van der Waals surface area (Å²) in [5.41, 5.74) is 0.943. The van der Waals surface area contributed by atoms with Crippen LogP contribution in [-0.4, -0.2) is 46.6 Å². The third-order valence-electron chi connectivity index (χ3n) is 5.32. The number of ketones is 1. The number of phenolic OH excluding ortho intramolecular Hbond substituents is 1. The number of amides is 1. The third kappa shape index (κ3) is 4.56. The van der Waals surface area contributed by atoms with Crippen molar-refractivity contribution < 1.29 is 29.3 Å². The lowest BCUT2D eigenvalue weighted by Crippen LogP contribution is -2.30. The normalized spacial score (nSPS) is 17.6. The van der Waals surface area contributed by atoms with Gasteiger partial charge in [-0.3, -0.25) is 9.59 Å². The summed E-state index contributed by atoms with van der Waals surface area (Å²) in [6.45, 7) is 6.88. The Balaban J connectivity index is 2.18. The molecule has 1 fully saturated rings. The second kappa shape index (κ2) is 10.2. The number of rotatable bonds is 9. The van der Waals surface area contributed by atoms with Crippen LogP contribution in [-0.2, 0) is 9.59 Å². The number of ether oxygens (including phenoxy) is 2. The van der Waals surface area contributed by atoms with E-state index in [2.05, 4.69) is 0 Å². The van der Waals surface area contributed by atoms with Gasteiger partial charge in [-0.15, -0.1) is 0 Å². The molecule has 2 aromatic rings. The minimum absolute atomic E-state index is 0.00176. The maximum Gasteiger partial charge on any atom is 0.295 e. The fraction of sp³-hybridized carbons (Fsp3) is 0.360. The van der Waals surface area contributed by atoms with Gasteiger partial charge in [-0.05, 0) is 50.1 Å². The van der Waals surface area contributed by atoms with Crippen LogP contribution in [0, 0.1) is 0 Å². The maximum absolute atomic E-state index is 13.1. The maximum atomic E-state index is 13.1. The minimum atomic E-state index is -0.761. The van der Waals surface area contributed by atoms with E-state index in [9.17, 15) is 19.8 Å². The SMILES string of the molecule is CCCCN1C(=O)C(=O)/C(=C(\O)c2ccc(OCC)cc2OCC)C1c1ccc(O)cc1. The van der Waals surface area contributed by atoms with Crippen LogP contribution in [0.3, 0.4) is 0 Å². The molecule has 1 unspecified atom stereocenters. The molecule has 0 radical (unpaired) electrons. The summed E-state index contributed by atoms with van der Waals surface area (Å²) < 4.78 is 11.2. The first-order chi connectivity index (χ1) is 15.4. The predicted molar refractivity (Wildman–Crippen MR) is 121 cm³/mol. The summed E-state index contributed by atoms with van der Waals surface area (Å²) in [5.74, 6) is -0.683. The number of Topliss-reactive ketones (excluding diaryl/α,β-unsaturated/α-hetero) is 1. The van der Waals surface area contributed by atoms with Crippen molar-refractivity contribution in [3.05, 3.63) is 59.2 Å². The number of aliphatic hydroxyl groups is 1. The fourth-order valence-corrected chi connectivity index (χ4v) is 3.82. The van der Waals surface area contributed by atoms with Crippen LogP contribution >= 0.6 is 0 Å². The van der Waals surface area contributed by atoms with Crippen LogP contribution in [0.25, 0.3) is 5.76 Å². The average molecular weight is 440 g/mol. The summed E-state index contributed by atoms with van der Waals surface area (Å²) in [5, 5.41) is 21.0. The highest BCUT2D eigenvalue weighted by molar-refractivity contribution is 6.46. The van der Waals surface area contributed by atoms with E-state index in [1.165, 1.54) is 17.0 Å². The predicted octanol–water partition coefficient (Wildman–Crippen LogP) is 4.41. The first-order valence-corrected chi connectivity index (χ1v) is 10.9. The zero-order valence-electron chi connectivity index (χ0n) is 18.6. The van der Waals surface area contributed by atoms with Crippen molar-refractivity contribution in [2.24, 2.45) is 0 Å². The van der Waals surface area contributed by atoms with Gasteiger partial charge in [-0.2, -0.15) is 0 Å². The second-order valence-electron chi connectivity index (χ2n) is 7.46. The average Bonchev–Trinajstić information content (AvgIpc) is 3.03. The summed E-state index contributed by atoms with van der Waals surface area (Å²) in [6.07, 6.45) is 1.56. The first-order valence-electron chi connectivity index (χ1n) is 10.9. The largest absolute Gasteiger partial charge is 0.508 e. The van der Waals surface area contributed by atoms with Gasteiger partial charge in [0.15, 0.2) is 0 Å². The van der Waals surface area contributed by atoms with E-state index in [1.807, 2.05) is 20.8 Å². The van der Waals surface area contributed by atoms with Crippen LogP contribution in [0.1, 0.15) is 50.8 Å². The van der Waals surface area contributed by atoms with E-state index >= 15 is 0 Å². The highest BCUT2D eigenvalue weighted by Gasteiger charge is 2.46. The number of likely N-dealkylation sites (tertiary alicyclic amines) is 1. The van der Waals surface area contributed by atoms with Crippen molar-refractivity contribution >= 4 is 17.4 Å². The summed E-state index contributed by atoms with van der Waals surface area (Å²) in [4.78, 5) is 27.4. The fourth-order valence-electron chi connectivity index (χ4n) is 3.82. The lowest BCUT2D eigenvalue weighted by molar-refractivity contribution is -0.139. The van der Waals surface area contributed by atoms with E-state index in [1.54, 1.807) is 30.3 Å². The lowest BCUT2D eigenvalue weighted by atomic mass is 9.94. The monoisotopic (exact) mass is 439 g/mol. The van der Waals surface area contributed by atoms with Gasteiger partial charge in [0.1, 0.15) is 23.0 Å². The van der Waals surface area contributed by atoms with E-state index in [0.29, 0.717) is 42.4 Å². The molecule has 0 spiro atoms. The number of hydrogen-bond acceptors (Lipinski definition) is 6. The number of hydrogen-bond donors (Lipinski definition) is 2. The second-order valence-corrected chi connectivity index (χ2v) is 7.46. The van der Waals surface area contributed by atoms with Crippen LogP contribution in [0.2, 0.25) is 0 Å². The Morgan fingerprint density at radius 3 is 2.31 bits per heavy atom. The molecule has 1 heterocycles. The minimum Gasteiger partial charge on any atom is -0.508 e. The summed E-state index contributed by atoms with van der Waals surface area (Å²) >= 11 is 0. The summed E-state index contributed by atoms with van der Waals surface area (Å²) in [7, 11) is 0. The number of unbranched alkanes of at least 4 members (excludes halogenated alkanes) is 1. The van der Waals surface area contributed by atoms with Crippen LogP contribution in [0.5, 0.6) is 17.2 Å². The van der Waals surface area contributed by atoms with Gasteiger partial charge >= 0.3 is 0 Å². The number of phenols is 1. The first kappa shape index (κ1) is 23.2. The molecule has 2 N–H and O–H groups in total. The molecule has 0 bridgehead atoms.